The molecular weight excluding hydrogens is 352 g/mol. The van der Waals surface area contributed by atoms with Crippen LogP contribution in [0.1, 0.15) is 23.2 Å². The van der Waals surface area contributed by atoms with Gasteiger partial charge in [0.25, 0.3) is 5.91 Å². The number of aliphatic carboxylic acids is 1. The largest absolute Gasteiger partial charge is 0.491 e. The fourth-order valence-corrected chi connectivity index (χ4v) is 2.94. The summed E-state index contributed by atoms with van der Waals surface area (Å²) in [6.45, 7) is 1.54. The van der Waals surface area contributed by atoms with Crippen molar-refractivity contribution in [2.75, 3.05) is 47.0 Å². The average molecular weight is 378 g/mol. The van der Waals surface area contributed by atoms with E-state index >= 15 is 0 Å². The van der Waals surface area contributed by atoms with Gasteiger partial charge in [-0.1, -0.05) is 0 Å². The predicted molar refractivity (Wildman–Crippen MR) is 97.7 cm³/mol. The maximum Gasteiger partial charge on any atom is 0.308 e. The normalized spacial score (nSPS) is 16.7. The Morgan fingerprint density at radius 3 is 2.56 bits per heavy atom. The van der Waals surface area contributed by atoms with Crippen LogP contribution in [0.25, 0.3) is 0 Å². The Bertz CT molecular complexity index is 661. The van der Waals surface area contributed by atoms with E-state index in [4.69, 9.17) is 14.6 Å². The predicted octanol–water partition coefficient (Wildman–Crippen LogP) is 1.11. The molecule has 0 saturated carbocycles. The van der Waals surface area contributed by atoms with E-state index in [9.17, 15) is 14.4 Å². The summed E-state index contributed by atoms with van der Waals surface area (Å²) in [4.78, 5) is 38.9. The number of carbonyl (C=O) groups excluding carboxylic acids is 2. The molecule has 148 valence electrons. The molecule has 1 aliphatic heterocycles. The number of benzene rings is 1. The molecule has 1 aromatic rings. The molecule has 8 nitrogen and oxygen atoms in total. The molecule has 1 N–H and O–H groups in total. The lowest BCUT2D eigenvalue weighted by Crippen LogP contribution is -2.46. The van der Waals surface area contributed by atoms with Crippen molar-refractivity contribution in [3.05, 3.63) is 29.8 Å². The van der Waals surface area contributed by atoms with Crippen LogP contribution < -0.4 is 4.74 Å². The van der Waals surface area contributed by atoms with Crippen molar-refractivity contribution in [3.8, 4) is 5.75 Å². The van der Waals surface area contributed by atoms with Gasteiger partial charge in [0.05, 0.1) is 19.1 Å². The molecule has 0 spiro atoms. The van der Waals surface area contributed by atoms with Crippen molar-refractivity contribution >= 4 is 17.8 Å². The van der Waals surface area contributed by atoms with Gasteiger partial charge < -0.3 is 24.4 Å². The summed E-state index contributed by atoms with van der Waals surface area (Å²) < 4.78 is 10.4. The Kier molecular flexibility index (Phi) is 7.60. The number of likely N-dealkylation sites (N-methyl/N-ethyl adjacent to an activating group) is 1. The van der Waals surface area contributed by atoms with E-state index in [0.717, 1.165) is 0 Å². The molecule has 2 amide bonds. The van der Waals surface area contributed by atoms with Crippen molar-refractivity contribution in [2.45, 2.75) is 12.8 Å². The lowest BCUT2D eigenvalue weighted by molar-refractivity contribution is -0.145. The summed E-state index contributed by atoms with van der Waals surface area (Å²) in [5.74, 6) is -1.30. The minimum absolute atomic E-state index is 0.0860. The van der Waals surface area contributed by atoms with Crippen LogP contribution in [0.4, 0.5) is 0 Å². The first kappa shape index (κ1) is 20.7. The number of methoxy groups -OCH3 is 1. The number of nitrogens with zero attached hydrogens (tertiary/aromatic N) is 2. The first-order valence-corrected chi connectivity index (χ1v) is 8.90. The van der Waals surface area contributed by atoms with Crippen molar-refractivity contribution in [3.63, 3.8) is 0 Å². The van der Waals surface area contributed by atoms with Crippen LogP contribution in [0.15, 0.2) is 24.3 Å². The SMILES string of the molecule is COCCOc1ccc(C(=O)N(C)CC(=O)N2CCCC(C(=O)O)C2)cc1. The summed E-state index contributed by atoms with van der Waals surface area (Å²) in [5.41, 5.74) is 0.450. The maximum absolute atomic E-state index is 12.5. The molecule has 1 fully saturated rings. The maximum atomic E-state index is 12.5. The van der Waals surface area contributed by atoms with Crippen LogP contribution in [0.2, 0.25) is 0 Å². The van der Waals surface area contributed by atoms with Gasteiger partial charge in [-0.05, 0) is 37.1 Å². The standard InChI is InChI=1S/C19H26N2O6/c1-20(13-17(22)21-9-3-4-15(12-21)19(24)25)18(23)14-5-7-16(8-6-14)27-11-10-26-2/h5-8,15H,3-4,9-13H2,1-2H3,(H,24,25). The quantitative estimate of drug-likeness (QED) is 0.681. The number of rotatable bonds is 8. The monoisotopic (exact) mass is 378 g/mol. The van der Waals surface area contributed by atoms with E-state index in [1.807, 2.05) is 0 Å². The van der Waals surface area contributed by atoms with Crippen LogP contribution >= 0.6 is 0 Å². The van der Waals surface area contributed by atoms with E-state index in [1.165, 1.54) is 9.80 Å². The number of hydrogen-bond donors (Lipinski definition) is 1. The third-order valence-electron chi connectivity index (χ3n) is 4.50. The average Bonchev–Trinajstić information content (AvgIpc) is 2.68. The van der Waals surface area contributed by atoms with Gasteiger partial charge in [-0.2, -0.15) is 0 Å². The summed E-state index contributed by atoms with van der Waals surface area (Å²) in [6, 6.07) is 6.68. The fraction of sp³-hybridized carbons (Fsp3) is 0.526. The van der Waals surface area contributed by atoms with Crippen molar-refractivity contribution in [2.24, 2.45) is 5.92 Å². The Hall–Kier alpha value is -2.61. The van der Waals surface area contributed by atoms with E-state index in [2.05, 4.69) is 0 Å². The highest BCUT2D eigenvalue weighted by atomic mass is 16.5. The van der Waals surface area contributed by atoms with Crippen LogP contribution in [0, 0.1) is 5.92 Å². The van der Waals surface area contributed by atoms with Gasteiger partial charge in [0.1, 0.15) is 12.4 Å². The number of amides is 2. The Labute approximate surface area is 158 Å². The zero-order valence-electron chi connectivity index (χ0n) is 15.7. The Balaban J connectivity index is 1.89. The van der Waals surface area contributed by atoms with Crippen molar-refractivity contribution in [1.29, 1.82) is 0 Å². The van der Waals surface area contributed by atoms with Crippen LogP contribution in [0.5, 0.6) is 5.75 Å². The summed E-state index contributed by atoms with van der Waals surface area (Å²) >= 11 is 0. The van der Waals surface area contributed by atoms with Crippen LogP contribution in [-0.4, -0.2) is 79.7 Å². The summed E-state index contributed by atoms with van der Waals surface area (Å²) in [6.07, 6.45) is 1.23. The minimum Gasteiger partial charge on any atom is -0.491 e. The molecule has 1 aromatic carbocycles. The highest BCUT2D eigenvalue weighted by Crippen LogP contribution is 2.17. The molecule has 8 heteroatoms. The first-order chi connectivity index (χ1) is 12.9. The van der Waals surface area contributed by atoms with E-state index in [1.54, 1.807) is 38.4 Å². The third-order valence-corrected chi connectivity index (χ3v) is 4.50. The summed E-state index contributed by atoms with van der Waals surface area (Å²) in [7, 11) is 3.15. The molecule has 1 unspecified atom stereocenters. The Morgan fingerprint density at radius 2 is 1.93 bits per heavy atom. The zero-order chi connectivity index (χ0) is 19.8. The highest BCUT2D eigenvalue weighted by Gasteiger charge is 2.29. The van der Waals surface area contributed by atoms with Gasteiger partial charge in [0, 0.05) is 32.8 Å². The number of ether oxygens (including phenoxy) is 2. The molecule has 1 atom stereocenters. The second kappa shape index (κ2) is 9.91. The van der Waals surface area contributed by atoms with Crippen molar-refractivity contribution < 1.29 is 29.0 Å². The van der Waals surface area contributed by atoms with Gasteiger partial charge in [0.15, 0.2) is 0 Å². The lowest BCUT2D eigenvalue weighted by Gasteiger charge is -2.32. The highest BCUT2D eigenvalue weighted by molar-refractivity contribution is 5.96. The molecular formula is C19H26N2O6. The number of carbonyl (C=O) groups is 3. The third kappa shape index (κ3) is 5.96. The molecule has 1 saturated heterocycles. The van der Waals surface area contributed by atoms with Gasteiger partial charge in [-0.25, -0.2) is 0 Å². The first-order valence-electron chi connectivity index (χ1n) is 8.90. The number of likely N-dealkylation sites (tertiary alicyclic amines) is 1. The second-order valence-corrected chi connectivity index (χ2v) is 6.54. The van der Waals surface area contributed by atoms with E-state index in [-0.39, 0.29) is 24.9 Å². The zero-order valence-corrected chi connectivity index (χ0v) is 15.7. The molecule has 2 rings (SSSR count). The summed E-state index contributed by atoms with van der Waals surface area (Å²) in [5, 5.41) is 9.13. The number of piperidine rings is 1. The molecule has 0 aromatic heterocycles. The molecule has 0 aliphatic carbocycles. The fourth-order valence-electron chi connectivity index (χ4n) is 2.94. The molecule has 1 heterocycles. The minimum atomic E-state index is -0.885. The van der Waals surface area contributed by atoms with Gasteiger partial charge in [-0.3, -0.25) is 14.4 Å². The van der Waals surface area contributed by atoms with Gasteiger partial charge >= 0.3 is 5.97 Å². The second-order valence-electron chi connectivity index (χ2n) is 6.54. The molecule has 27 heavy (non-hydrogen) atoms. The van der Waals surface area contributed by atoms with E-state index in [0.29, 0.717) is 43.9 Å². The number of carboxylic acid groups (broad SMARTS) is 1. The molecule has 1 aliphatic rings. The van der Waals surface area contributed by atoms with Gasteiger partial charge in [0.2, 0.25) is 5.91 Å². The van der Waals surface area contributed by atoms with Crippen molar-refractivity contribution in [1.82, 2.24) is 9.80 Å². The molecule has 0 radical (unpaired) electrons. The topological polar surface area (TPSA) is 96.4 Å². The van der Waals surface area contributed by atoms with Gasteiger partial charge in [-0.15, -0.1) is 0 Å². The number of carboxylic acids is 1. The van der Waals surface area contributed by atoms with Crippen LogP contribution in [-0.2, 0) is 14.3 Å². The lowest BCUT2D eigenvalue weighted by atomic mass is 9.98. The Morgan fingerprint density at radius 1 is 1.22 bits per heavy atom. The smallest absolute Gasteiger partial charge is 0.308 e. The number of hydrogen-bond acceptors (Lipinski definition) is 5. The van der Waals surface area contributed by atoms with E-state index < -0.39 is 11.9 Å². The molecule has 0 bridgehead atoms. The van der Waals surface area contributed by atoms with Crippen LogP contribution in [0.3, 0.4) is 0 Å².